The highest BCUT2D eigenvalue weighted by Gasteiger charge is 2.43. The van der Waals surface area contributed by atoms with Gasteiger partial charge in [-0.25, -0.2) is 0 Å². The molecule has 1 fully saturated rings. The Labute approximate surface area is 110 Å². The van der Waals surface area contributed by atoms with Crippen molar-refractivity contribution in [3.05, 3.63) is 47.5 Å². The quantitative estimate of drug-likeness (QED) is 0.790. The van der Waals surface area contributed by atoms with Crippen LogP contribution in [0.1, 0.15) is 50.0 Å². The van der Waals surface area contributed by atoms with E-state index in [0.29, 0.717) is 11.8 Å². The first-order chi connectivity index (χ1) is 8.84. The molecule has 1 N–H and O–H groups in total. The molecule has 1 heteroatoms. The number of hydrogen-bond acceptors (Lipinski definition) is 1. The molecule has 2 aliphatic carbocycles. The lowest BCUT2D eigenvalue weighted by Gasteiger charge is -2.16. The van der Waals surface area contributed by atoms with Crippen molar-refractivity contribution in [1.82, 2.24) is 0 Å². The van der Waals surface area contributed by atoms with Gasteiger partial charge in [0.2, 0.25) is 0 Å². The molecule has 0 amide bonds. The van der Waals surface area contributed by atoms with Crippen LogP contribution in [0.15, 0.2) is 42.0 Å². The van der Waals surface area contributed by atoms with Crippen LogP contribution in [-0.2, 0) is 0 Å². The van der Waals surface area contributed by atoms with Crippen LogP contribution in [0.25, 0.3) is 0 Å². The van der Waals surface area contributed by atoms with E-state index in [-0.39, 0.29) is 6.10 Å². The monoisotopic (exact) mass is 242 g/mol. The van der Waals surface area contributed by atoms with E-state index in [2.05, 4.69) is 36.4 Å². The summed E-state index contributed by atoms with van der Waals surface area (Å²) in [5, 5.41) is 10.3. The Bertz CT molecular complexity index is 420. The van der Waals surface area contributed by atoms with Gasteiger partial charge in [0.25, 0.3) is 0 Å². The van der Waals surface area contributed by atoms with E-state index in [9.17, 15) is 5.11 Å². The highest BCUT2D eigenvalue weighted by atomic mass is 16.3. The number of allylic oxidation sites excluding steroid dienone is 1. The normalized spacial score (nSPS) is 28.6. The van der Waals surface area contributed by atoms with Gasteiger partial charge in [-0.15, -0.1) is 0 Å². The van der Waals surface area contributed by atoms with Crippen molar-refractivity contribution >= 4 is 0 Å². The first-order valence-corrected chi connectivity index (χ1v) is 7.25. The fourth-order valence-electron chi connectivity index (χ4n) is 3.23. The molecule has 1 saturated carbocycles. The molecule has 2 aliphatic rings. The maximum atomic E-state index is 10.3. The minimum absolute atomic E-state index is 0.125. The summed E-state index contributed by atoms with van der Waals surface area (Å²) < 4.78 is 0. The van der Waals surface area contributed by atoms with Crippen LogP contribution in [-0.4, -0.2) is 11.2 Å². The van der Waals surface area contributed by atoms with Crippen molar-refractivity contribution < 1.29 is 5.11 Å². The second kappa shape index (κ2) is 5.27. The summed E-state index contributed by atoms with van der Waals surface area (Å²) in [6.45, 7) is 0. The van der Waals surface area contributed by atoms with Crippen molar-refractivity contribution in [2.45, 2.75) is 50.5 Å². The lowest BCUT2D eigenvalue weighted by molar-refractivity contribution is 0.147. The second-order valence-electron chi connectivity index (χ2n) is 5.80. The Morgan fingerprint density at radius 1 is 1.17 bits per heavy atom. The van der Waals surface area contributed by atoms with Crippen molar-refractivity contribution in [2.24, 2.45) is 5.92 Å². The first kappa shape index (κ1) is 12.0. The average Bonchev–Trinajstić information content (AvgIpc) is 3.21. The van der Waals surface area contributed by atoms with E-state index >= 15 is 0 Å². The third-order valence-corrected chi connectivity index (χ3v) is 4.42. The zero-order valence-corrected chi connectivity index (χ0v) is 10.9. The molecule has 0 saturated heterocycles. The third-order valence-electron chi connectivity index (χ3n) is 4.42. The highest BCUT2D eigenvalue weighted by Crippen LogP contribution is 2.50. The van der Waals surface area contributed by atoms with Gasteiger partial charge in [-0.1, -0.05) is 42.0 Å². The summed E-state index contributed by atoms with van der Waals surface area (Å²) in [4.78, 5) is 0. The maximum Gasteiger partial charge on any atom is 0.0611 e. The Kier molecular flexibility index (Phi) is 3.51. The molecule has 3 atom stereocenters. The summed E-state index contributed by atoms with van der Waals surface area (Å²) in [5.41, 5.74) is 2.90. The van der Waals surface area contributed by atoms with Gasteiger partial charge in [0, 0.05) is 0 Å². The number of hydrogen-bond donors (Lipinski definition) is 1. The van der Waals surface area contributed by atoms with Crippen molar-refractivity contribution in [3.63, 3.8) is 0 Å². The Balaban J connectivity index is 1.56. The van der Waals surface area contributed by atoms with Crippen LogP contribution < -0.4 is 0 Å². The predicted molar refractivity (Wildman–Crippen MR) is 74.5 cm³/mol. The fraction of sp³-hybridized carbons (Fsp3) is 0.529. The van der Waals surface area contributed by atoms with Crippen LogP contribution in [0.4, 0.5) is 0 Å². The fourth-order valence-corrected chi connectivity index (χ4v) is 3.23. The predicted octanol–water partition coefficient (Wildman–Crippen LogP) is 4.04. The van der Waals surface area contributed by atoms with Gasteiger partial charge in [0.05, 0.1) is 6.10 Å². The zero-order valence-electron chi connectivity index (χ0n) is 10.9. The first-order valence-electron chi connectivity index (χ1n) is 7.25. The van der Waals surface area contributed by atoms with E-state index in [4.69, 9.17) is 0 Å². The largest absolute Gasteiger partial charge is 0.392 e. The van der Waals surface area contributed by atoms with Gasteiger partial charge < -0.3 is 5.11 Å². The van der Waals surface area contributed by atoms with Gasteiger partial charge >= 0.3 is 0 Å². The minimum atomic E-state index is -0.125. The molecule has 1 aromatic rings. The van der Waals surface area contributed by atoms with Gasteiger partial charge in [0.1, 0.15) is 0 Å². The summed E-state index contributed by atoms with van der Waals surface area (Å²) in [6, 6.07) is 10.6. The zero-order chi connectivity index (χ0) is 12.4. The maximum absolute atomic E-state index is 10.3. The molecule has 0 aliphatic heterocycles. The number of aliphatic hydroxyl groups is 1. The molecule has 96 valence electrons. The Hall–Kier alpha value is -1.08. The second-order valence-corrected chi connectivity index (χ2v) is 5.80. The lowest BCUT2D eigenvalue weighted by Crippen LogP contribution is -2.12. The molecule has 0 bridgehead atoms. The van der Waals surface area contributed by atoms with Gasteiger partial charge in [-0.3, -0.25) is 0 Å². The molecule has 0 heterocycles. The van der Waals surface area contributed by atoms with Gasteiger partial charge in [-0.05, 0) is 55.9 Å². The van der Waals surface area contributed by atoms with E-state index < -0.39 is 0 Å². The molecule has 0 aromatic heterocycles. The molecule has 1 nitrogen and oxygen atoms in total. The smallest absolute Gasteiger partial charge is 0.0611 e. The van der Waals surface area contributed by atoms with Crippen molar-refractivity contribution in [1.29, 1.82) is 0 Å². The van der Waals surface area contributed by atoms with E-state index in [1.165, 1.54) is 43.2 Å². The topological polar surface area (TPSA) is 20.2 Å². The molecule has 0 radical (unpaired) electrons. The molecular formula is C17H22O. The molecule has 0 spiro atoms. The molecule has 3 rings (SSSR count). The van der Waals surface area contributed by atoms with E-state index in [1.54, 1.807) is 0 Å². The van der Waals surface area contributed by atoms with Crippen LogP contribution in [0.5, 0.6) is 0 Å². The number of rotatable bonds is 4. The van der Waals surface area contributed by atoms with Gasteiger partial charge in [-0.2, -0.15) is 0 Å². The highest BCUT2D eigenvalue weighted by molar-refractivity contribution is 5.26. The molecule has 3 unspecified atom stereocenters. The Morgan fingerprint density at radius 3 is 2.72 bits per heavy atom. The number of benzene rings is 1. The summed E-state index contributed by atoms with van der Waals surface area (Å²) >= 11 is 0. The summed E-state index contributed by atoms with van der Waals surface area (Å²) in [6.07, 6.45) is 9.37. The van der Waals surface area contributed by atoms with Crippen molar-refractivity contribution in [2.75, 3.05) is 0 Å². The van der Waals surface area contributed by atoms with Crippen LogP contribution >= 0.6 is 0 Å². The lowest BCUT2D eigenvalue weighted by atomic mass is 9.93. The van der Waals surface area contributed by atoms with Crippen LogP contribution in [0, 0.1) is 5.92 Å². The van der Waals surface area contributed by atoms with Crippen molar-refractivity contribution in [3.8, 4) is 0 Å². The number of aliphatic hydroxyl groups excluding tert-OH is 1. The average molecular weight is 242 g/mol. The SMILES string of the molecule is OC(CC1=CCCCC1)C1CC1c1ccccc1. The standard InChI is InChI=1S/C17H22O/c18-17(11-13-7-3-1-4-8-13)16-12-15(16)14-9-5-2-6-10-14/h2,5-7,9-10,15-18H,1,3-4,8,11-12H2. The van der Waals surface area contributed by atoms with Gasteiger partial charge in [0.15, 0.2) is 0 Å². The summed E-state index contributed by atoms with van der Waals surface area (Å²) in [5.74, 6) is 1.10. The van der Waals surface area contributed by atoms with E-state index in [0.717, 1.165) is 6.42 Å². The minimum Gasteiger partial charge on any atom is -0.392 e. The summed E-state index contributed by atoms with van der Waals surface area (Å²) in [7, 11) is 0. The van der Waals surface area contributed by atoms with Crippen LogP contribution in [0.3, 0.4) is 0 Å². The van der Waals surface area contributed by atoms with Crippen LogP contribution in [0.2, 0.25) is 0 Å². The molecule has 18 heavy (non-hydrogen) atoms. The third kappa shape index (κ3) is 2.67. The Morgan fingerprint density at radius 2 is 2.00 bits per heavy atom. The molecular weight excluding hydrogens is 220 g/mol. The molecule has 1 aromatic carbocycles. The van der Waals surface area contributed by atoms with E-state index in [1.807, 2.05) is 0 Å².